The molecule has 8 nitrogen and oxygen atoms in total. The van der Waals surface area contributed by atoms with E-state index < -0.39 is 10.8 Å². The molecule has 1 aromatic carbocycles. The van der Waals surface area contributed by atoms with Crippen molar-refractivity contribution in [3.63, 3.8) is 0 Å². The summed E-state index contributed by atoms with van der Waals surface area (Å²) in [4.78, 5) is 23.2. The lowest BCUT2D eigenvalue weighted by Gasteiger charge is -2.19. The maximum atomic E-state index is 12.7. The first-order valence-electron chi connectivity index (χ1n) is 11.0. The summed E-state index contributed by atoms with van der Waals surface area (Å²) in [5, 5.41) is 26.3. The second kappa shape index (κ2) is 13.3. The van der Waals surface area contributed by atoms with Crippen molar-refractivity contribution in [1.29, 1.82) is 5.26 Å². The van der Waals surface area contributed by atoms with E-state index in [1.54, 1.807) is 0 Å². The van der Waals surface area contributed by atoms with Crippen LogP contribution in [0.15, 0.2) is 30.0 Å². The van der Waals surface area contributed by atoms with Gasteiger partial charge in [0.05, 0.1) is 17.7 Å². The van der Waals surface area contributed by atoms with Gasteiger partial charge in [0.1, 0.15) is 17.4 Å². The van der Waals surface area contributed by atoms with Gasteiger partial charge in [0.25, 0.3) is 11.6 Å². The number of nitrogens with zero attached hydrogens (tertiary/aromatic N) is 2. The third kappa shape index (κ3) is 8.28. The predicted molar refractivity (Wildman–Crippen MR) is 120 cm³/mol. The van der Waals surface area contributed by atoms with Crippen LogP contribution in [0, 0.1) is 21.4 Å². The number of non-ortho nitro benzene ring substituents is 1. The second-order valence-corrected chi connectivity index (χ2v) is 7.89. The molecule has 0 unspecified atom stereocenters. The van der Waals surface area contributed by atoms with Crippen LogP contribution >= 0.6 is 0 Å². The molecule has 0 heterocycles. The highest BCUT2D eigenvalue weighted by atomic mass is 16.6. The van der Waals surface area contributed by atoms with E-state index >= 15 is 0 Å². The summed E-state index contributed by atoms with van der Waals surface area (Å²) >= 11 is 0. The lowest BCUT2D eigenvalue weighted by molar-refractivity contribution is -0.384. The van der Waals surface area contributed by atoms with Crippen LogP contribution in [0.4, 0.5) is 11.4 Å². The Labute approximate surface area is 183 Å². The lowest BCUT2D eigenvalue weighted by Crippen LogP contribution is -2.35. The van der Waals surface area contributed by atoms with Crippen LogP contribution in [0.3, 0.4) is 0 Å². The highest BCUT2D eigenvalue weighted by Gasteiger charge is 2.17. The minimum Gasteiger partial charge on any atom is -0.495 e. The van der Waals surface area contributed by atoms with E-state index in [9.17, 15) is 20.2 Å². The van der Waals surface area contributed by atoms with E-state index in [2.05, 4.69) is 10.6 Å². The number of carbonyl (C=O) groups excluding carboxylic acids is 1. The Hall–Kier alpha value is -3.08. The molecule has 1 fully saturated rings. The molecule has 0 aliphatic heterocycles. The number of anilines is 1. The van der Waals surface area contributed by atoms with Crippen LogP contribution in [0.25, 0.3) is 0 Å². The maximum Gasteiger partial charge on any atom is 0.271 e. The second-order valence-electron chi connectivity index (χ2n) is 7.89. The maximum absolute atomic E-state index is 12.7. The molecule has 31 heavy (non-hydrogen) atoms. The van der Waals surface area contributed by atoms with Crippen LogP contribution in [-0.4, -0.2) is 24.0 Å². The Kier molecular flexibility index (Phi) is 10.4. The quantitative estimate of drug-likeness (QED) is 0.278. The Bertz CT molecular complexity index is 804. The Morgan fingerprint density at radius 2 is 1.71 bits per heavy atom. The lowest BCUT2D eigenvalue weighted by atomic mass is 9.98. The van der Waals surface area contributed by atoms with Gasteiger partial charge in [-0.1, -0.05) is 57.8 Å². The van der Waals surface area contributed by atoms with Crippen molar-refractivity contribution in [3.05, 3.63) is 40.1 Å². The zero-order valence-electron chi connectivity index (χ0n) is 18.2. The van der Waals surface area contributed by atoms with Crippen molar-refractivity contribution < 1.29 is 14.5 Å². The molecule has 1 aliphatic rings. The van der Waals surface area contributed by atoms with Crippen molar-refractivity contribution in [2.24, 2.45) is 0 Å². The summed E-state index contributed by atoms with van der Waals surface area (Å²) in [7, 11) is 1.44. The number of nitrogens with one attached hydrogen (secondary N) is 2. The van der Waals surface area contributed by atoms with Gasteiger partial charge < -0.3 is 15.4 Å². The summed E-state index contributed by atoms with van der Waals surface area (Å²) in [6.07, 6.45) is 13.9. The number of nitro benzene ring substituents is 1. The number of amides is 1. The van der Waals surface area contributed by atoms with E-state index in [4.69, 9.17) is 4.74 Å². The van der Waals surface area contributed by atoms with Crippen LogP contribution in [0.1, 0.15) is 70.6 Å². The van der Waals surface area contributed by atoms with Crippen LogP contribution in [0.2, 0.25) is 0 Å². The summed E-state index contributed by atoms with van der Waals surface area (Å²) in [5.41, 5.74) is 0.107. The highest BCUT2D eigenvalue weighted by Crippen LogP contribution is 2.29. The van der Waals surface area contributed by atoms with Crippen molar-refractivity contribution in [2.45, 2.75) is 76.7 Å². The predicted octanol–water partition coefficient (Wildman–Crippen LogP) is 5.21. The molecule has 1 saturated carbocycles. The van der Waals surface area contributed by atoms with E-state index in [-0.39, 0.29) is 17.3 Å². The number of carbonyl (C=O) groups is 1. The average Bonchev–Trinajstić information content (AvgIpc) is 2.75. The fourth-order valence-corrected chi connectivity index (χ4v) is 3.79. The van der Waals surface area contributed by atoms with Gasteiger partial charge in [-0.05, 0) is 18.9 Å². The van der Waals surface area contributed by atoms with Crippen molar-refractivity contribution in [2.75, 3.05) is 12.4 Å². The summed E-state index contributed by atoms with van der Waals surface area (Å²) in [6, 6.07) is 6.06. The topological polar surface area (TPSA) is 117 Å². The average molecular weight is 429 g/mol. The van der Waals surface area contributed by atoms with Crippen LogP contribution in [-0.2, 0) is 4.79 Å². The highest BCUT2D eigenvalue weighted by molar-refractivity contribution is 5.97. The minimum atomic E-state index is -0.518. The number of ether oxygens (including phenoxy) is 1. The molecule has 1 aromatic rings. The summed E-state index contributed by atoms with van der Waals surface area (Å²) in [5.74, 6) is -0.0599. The van der Waals surface area contributed by atoms with Gasteiger partial charge in [-0.15, -0.1) is 0 Å². The minimum absolute atomic E-state index is 0.0519. The van der Waals surface area contributed by atoms with Crippen molar-refractivity contribution >= 4 is 17.3 Å². The zero-order valence-corrected chi connectivity index (χ0v) is 18.2. The normalized spacial score (nSPS) is 16.8. The van der Waals surface area contributed by atoms with Crippen molar-refractivity contribution in [3.8, 4) is 11.8 Å². The van der Waals surface area contributed by atoms with Gasteiger partial charge in [-0.25, -0.2) is 0 Å². The van der Waals surface area contributed by atoms with Gasteiger partial charge in [-0.2, -0.15) is 5.26 Å². The summed E-state index contributed by atoms with van der Waals surface area (Å²) in [6.45, 7) is 0. The largest absolute Gasteiger partial charge is 0.495 e. The van der Waals surface area contributed by atoms with E-state index in [1.165, 1.54) is 76.5 Å². The smallest absolute Gasteiger partial charge is 0.271 e. The first kappa shape index (κ1) is 24.2. The van der Waals surface area contributed by atoms with E-state index in [1.807, 2.05) is 6.07 Å². The van der Waals surface area contributed by atoms with Gasteiger partial charge in [0.15, 0.2) is 0 Å². The fourth-order valence-electron chi connectivity index (χ4n) is 3.79. The molecule has 0 atom stereocenters. The third-order valence-electron chi connectivity index (χ3n) is 5.57. The number of nitriles is 1. The first-order valence-corrected chi connectivity index (χ1v) is 11.0. The first-order chi connectivity index (χ1) is 15.0. The molecule has 168 valence electrons. The molecular formula is C23H32N4O4. The Balaban J connectivity index is 2.04. The standard InChI is InChI=1S/C23H32N4O4/c1-31-22-14-13-20(27(29)30)15-21(22)25-17-18(16-24)23(28)26-19-11-9-7-5-3-2-4-6-8-10-12-19/h13-15,17,19,25H,2-12H2,1H3,(H,26,28)/b18-17-. The van der Waals surface area contributed by atoms with E-state index in [0.29, 0.717) is 11.4 Å². The molecule has 2 rings (SSSR count). The molecular weight excluding hydrogens is 396 g/mol. The molecule has 1 aliphatic carbocycles. The molecule has 0 radical (unpaired) electrons. The molecule has 2 N–H and O–H groups in total. The van der Waals surface area contributed by atoms with Gasteiger partial charge in [-0.3, -0.25) is 14.9 Å². The third-order valence-corrected chi connectivity index (χ3v) is 5.57. The molecule has 0 bridgehead atoms. The van der Waals surface area contributed by atoms with Crippen LogP contribution in [0.5, 0.6) is 5.75 Å². The van der Waals surface area contributed by atoms with Crippen LogP contribution < -0.4 is 15.4 Å². The van der Waals surface area contributed by atoms with Gasteiger partial charge >= 0.3 is 0 Å². The number of methoxy groups -OCH3 is 1. The zero-order chi connectivity index (χ0) is 22.5. The van der Waals surface area contributed by atoms with Gasteiger partial charge in [0, 0.05) is 24.4 Å². The summed E-state index contributed by atoms with van der Waals surface area (Å²) < 4.78 is 5.20. The molecule has 8 heteroatoms. The van der Waals surface area contributed by atoms with Crippen molar-refractivity contribution in [1.82, 2.24) is 5.32 Å². The Morgan fingerprint density at radius 3 is 2.23 bits per heavy atom. The SMILES string of the molecule is COc1ccc([N+](=O)[O-])cc1N/C=C(/C#N)C(=O)NC1CCCCCCCCCCC1. The molecule has 1 amide bonds. The number of hydrogen-bond donors (Lipinski definition) is 2. The number of hydrogen-bond acceptors (Lipinski definition) is 6. The van der Waals surface area contributed by atoms with Gasteiger partial charge in [0.2, 0.25) is 0 Å². The molecule has 0 saturated heterocycles. The number of benzene rings is 1. The fraction of sp³-hybridized carbons (Fsp3) is 0.565. The number of nitro groups is 1. The number of rotatable bonds is 6. The Morgan fingerprint density at radius 1 is 1.13 bits per heavy atom. The molecule has 0 aromatic heterocycles. The monoisotopic (exact) mass is 428 g/mol. The molecule has 0 spiro atoms. The van der Waals surface area contributed by atoms with E-state index in [0.717, 1.165) is 25.7 Å².